The molecule has 0 bridgehead atoms. The lowest BCUT2D eigenvalue weighted by Crippen LogP contribution is -2.46. The smallest absolute Gasteiger partial charge is 0.246 e. The van der Waals surface area contributed by atoms with Gasteiger partial charge in [0, 0.05) is 38.3 Å². The van der Waals surface area contributed by atoms with Crippen LogP contribution in [0.1, 0.15) is 0 Å². The zero-order chi connectivity index (χ0) is 13.2. The molecule has 0 spiro atoms. The summed E-state index contributed by atoms with van der Waals surface area (Å²) in [4.78, 5) is 2.36. The van der Waals surface area contributed by atoms with Crippen LogP contribution in [0.15, 0.2) is 17.3 Å². The van der Waals surface area contributed by atoms with Gasteiger partial charge < -0.3 is 4.90 Å². The number of piperazine rings is 1. The number of halogens is 1. The number of alkyl halides is 1. The first kappa shape index (κ1) is 13.8. The third kappa shape index (κ3) is 2.85. The average Bonchev–Trinajstić information content (AvgIpc) is 2.79. The van der Waals surface area contributed by atoms with E-state index in [4.69, 9.17) is 11.6 Å². The fourth-order valence-corrected chi connectivity index (χ4v) is 3.41. The first-order valence-electron chi connectivity index (χ1n) is 5.81. The molecule has 0 saturated carbocycles. The standard InChI is InChI=1S/C10H17ClN4O2S/c1-13-4-6-15(7-5-13)18(16,17)10-8-12-14(9-10)3-2-11/h8-9H,2-7H2,1H3. The molecule has 0 unspecified atom stereocenters. The van der Waals surface area contributed by atoms with Crippen LogP contribution in [0.25, 0.3) is 0 Å². The lowest BCUT2D eigenvalue weighted by molar-refractivity contribution is 0.222. The van der Waals surface area contributed by atoms with Crippen molar-refractivity contribution in [2.24, 2.45) is 0 Å². The van der Waals surface area contributed by atoms with Crippen molar-refractivity contribution >= 4 is 21.6 Å². The van der Waals surface area contributed by atoms with Gasteiger partial charge in [-0.15, -0.1) is 11.6 Å². The molecule has 8 heteroatoms. The van der Waals surface area contributed by atoms with Crippen molar-refractivity contribution in [1.82, 2.24) is 19.0 Å². The molecule has 0 aromatic carbocycles. The van der Waals surface area contributed by atoms with Gasteiger partial charge in [0.15, 0.2) is 0 Å². The fraction of sp³-hybridized carbons (Fsp3) is 0.700. The van der Waals surface area contributed by atoms with Crippen molar-refractivity contribution in [3.05, 3.63) is 12.4 Å². The third-order valence-corrected chi connectivity index (χ3v) is 5.04. The molecule has 0 N–H and O–H groups in total. The second-order valence-electron chi connectivity index (χ2n) is 4.34. The predicted molar refractivity (Wildman–Crippen MR) is 69.2 cm³/mol. The number of hydrogen-bond donors (Lipinski definition) is 0. The Bertz CT molecular complexity index is 494. The van der Waals surface area contributed by atoms with Gasteiger partial charge in [-0.3, -0.25) is 4.68 Å². The highest BCUT2D eigenvalue weighted by molar-refractivity contribution is 7.89. The number of aryl methyl sites for hydroxylation is 1. The van der Waals surface area contributed by atoms with E-state index < -0.39 is 10.0 Å². The lowest BCUT2D eigenvalue weighted by Gasteiger charge is -2.31. The first-order valence-corrected chi connectivity index (χ1v) is 7.78. The average molecular weight is 293 g/mol. The van der Waals surface area contributed by atoms with Crippen LogP contribution in [0.4, 0.5) is 0 Å². The van der Waals surface area contributed by atoms with Crippen LogP contribution in [0, 0.1) is 0 Å². The summed E-state index contributed by atoms with van der Waals surface area (Å²) in [7, 11) is -1.41. The second-order valence-corrected chi connectivity index (χ2v) is 6.65. The Kier molecular flexibility index (Phi) is 4.26. The molecule has 0 atom stereocenters. The van der Waals surface area contributed by atoms with Crippen LogP contribution in [-0.2, 0) is 16.6 Å². The van der Waals surface area contributed by atoms with E-state index >= 15 is 0 Å². The monoisotopic (exact) mass is 292 g/mol. The highest BCUT2D eigenvalue weighted by Crippen LogP contribution is 2.16. The molecule has 1 aromatic rings. The van der Waals surface area contributed by atoms with E-state index in [0.29, 0.717) is 25.5 Å². The van der Waals surface area contributed by atoms with Gasteiger partial charge in [0.05, 0.1) is 12.7 Å². The molecule has 1 aliphatic rings. The van der Waals surface area contributed by atoms with Gasteiger partial charge in [-0.25, -0.2) is 8.42 Å². The largest absolute Gasteiger partial charge is 0.304 e. The van der Waals surface area contributed by atoms with E-state index in [9.17, 15) is 8.42 Å². The molecule has 0 amide bonds. The first-order chi connectivity index (χ1) is 8.54. The molecule has 0 radical (unpaired) electrons. The van der Waals surface area contributed by atoms with E-state index in [0.717, 1.165) is 13.1 Å². The van der Waals surface area contributed by atoms with E-state index in [1.165, 1.54) is 16.7 Å². The molecule has 18 heavy (non-hydrogen) atoms. The van der Waals surface area contributed by atoms with Crippen LogP contribution >= 0.6 is 11.6 Å². The van der Waals surface area contributed by atoms with E-state index in [2.05, 4.69) is 10.00 Å². The predicted octanol–water partition coefficient (Wildman–Crippen LogP) is 0.0580. The summed E-state index contributed by atoms with van der Waals surface area (Å²) in [6.45, 7) is 3.09. The maximum Gasteiger partial charge on any atom is 0.246 e. The molecule has 1 fully saturated rings. The Morgan fingerprint density at radius 2 is 2.00 bits per heavy atom. The highest BCUT2D eigenvalue weighted by Gasteiger charge is 2.28. The van der Waals surface area contributed by atoms with Gasteiger partial charge >= 0.3 is 0 Å². The minimum Gasteiger partial charge on any atom is -0.304 e. The Hall–Kier alpha value is -0.630. The van der Waals surface area contributed by atoms with E-state index in [1.807, 2.05) is 7.05 Å². The fourth-order valence-electron chi connectivity index (χ4n) is 1.86. The van der Waals surface area contributed by atoms with Crippen molar-refractivity contribution in [1.29, 1.82) is 0 Å². The van der Waals surface area contributed by atoms with Gasteiger partial charge in [0.25, 0.3) is 0 Å². The van der Waals surface area contributed by atoms with Gasteiger partial charge in [-0.1, -0.05) is 0 Å². The molecule has 1 aromatic heterocycles. The Morgan fingerprint density at radius 3 is 2.61 bits per heavy atom. The van der Waals surface area contributed by atoms with Crippen molar-refractivity contribution in [3.63, 3.8) is 0 Å². The zero-order valence-corrected chi connectivity index (χ0v) is 11.9. The summed E-state index contributed by atoms with van der Waals surface area (Å²) in [6, 6.07) is 0. The number of likely N-dealkylation sites (N-methyl/N-ethyl adjacent to an activating group) is 1. The summed E-state index contributed by atoms with van der Waals surface area (Å²) in [5.74, 6) is 0.412. The van der Waals surface area contributed by atoms with Gasteiger partial charge in [0.2, 0.25) is 10.0 Å². The summed E-state index contributed by atoms with van der Waals surface area (Å²) in [5, 5.41) is 4.00. The van der Waals surface area contributed by atoms with Gasteiger partial charge in [-0.2, -0.15) is 9.40 Å². The normalized spacial score (nSPS) is 19.2. The molecular weight excluding hydrogens is 276 g/mol. The maximum atomic E-state index is 12.3. The number of hydrogen-bond acceptors (Lipinski definition) is 4. The highest BCUT2D eigenvalue weighted by atomic mass is 35.5. The number of aromatic nitrogens is 2. The minimum absolute atomic E-state index is 0.247. The Labute approximate surface area is 112 Å². The Morgan fingerprint density at radius 1 is 1.33 bits per heavy atom. The molecule has 102 valence electrons. The van der Waals surface area contributed by atoms with Crippen molar-refractivity contribution < 1.29 is 8.42 Å². The summed E-state index contributed by atoms with van der Waals surface area (Å²) < 4.78 is 27.7. The number of rotatable bonds is 4. The van der Waals surface area contributed by atoms with Crippen molar-refractivity contribution in [2.45, 2.75) is 11.4 Å². The molecule has 6 nitrogen and oxygen atoms in total. The van der Waals surface area contributed by atoms with Crippen LogP contribution in [0.3, 0.4) is 0 Å². The van der Waals surface area contributed by atoms with Gasteiger partial charge in [-0.05, 0) is 7.05 Å². The van der Waals surface area contributed by atoms with Gasteiger partial charge in [0.1, 0.15) is 4.90 Å². The number of sulfonamides is 1. The van der Waals surface area contributed by atoms with Crippen molar-refractivity contribution in [2.75, 3.05) is 39.1 Å². The van der Waals surface area contributed by atoms with E-state index in [1.54, 1.807) is 4.68 Å². The Balaban J connectivity index is 2.14. The maximum absolute atomic E-state index is 12.3. The van der Waals surface area contributed by atoms with Crippen LogP contribution < -0.4 is 0 Å². The molecule has 1 aliphatic heterocycles. The quantitative estimate of drug-likeness (QED) is 0.736. The third-order valence-electron chi connectivity index (χ3n) is 3.02. The van der Waals surface area contributed by atoms with Crippen molar-refractivity contribution in [3.8, 4) is 0 Å². The molecule has 2 rings (SSSR count). The molecule has 2 heterocycles. The topological polar surface area (TPSA) is 58.4 Å². The summed E-state index contributed by atoms with van der Waals surface area (Å²) in [6.07, 6.45) is 2.93. The second kappa shape index (κ2) is 5.56. The molecular formula is C10H17ClN4O2S. The molecule has 0 aliphatic carbocycles. The van der Waals surface area contributed by atoms with Crippen LogP contribution in [0.2, 0.25) is 0 Å². The van der Waals surface area contributed by atoms with Crippen LogP contribution in [0.5, 0.6) is 0 Å². The van der Waals surface area contributed by atoms with Crippen LogP contribution in [-0.4, -0.2) is 66.5 Å². The SMILES string of the molecule is CN1CCN(S(=O)(=O)c2cnn(CCCl)c2)CC1. The lowest BCUT2D eigenvalue weighted by atomic mass is 10.4. The summed E-state index contributed by atoms with van der Waals surface area (Å²) in [5.41, 5.74) is 0. The number of nitrogens with zero attached hydrogens (tertiary/aromatic N) is 4. The summed E-state index contributed by atoms with van der Waals surface area (Å²) >= 11 is 5.60. The molecule has 1 saturated heterocycles. The van der Waals surface area contributed by atoms with E-state index in [-0.39, 0.29) is 4.90 Å². The zero-order valence-electron chi connectivity index (χ0n) is 10.3. The minimum atomic E-state index is -3.40.